The van der Waals surface area contributed by atoms with Crippen LogP contribution in [0.5, 0.6) is 11.5 Å². The van der Waals surface area contributed by atoms with E-state index >= 15 is 0 Å². The van der Waals surface area contributed by atoms with Gasteiger partial charge < -0.3 is 10.2 Å². The third kappa shape index (κ3) is 4.18. The highest BCUT2D eigenvalue weighted by molar-refractivity contribution is 5.49. The average Bonchev–Trinajstić information content (AvgIpc) is 2.48. The molecular weight excluding hydrogens is 308 g/mol. The quantitative estimate of drug-likeness (QED) is 0.695. The molecule has 0 bridgehead atoms. The summed E-state index contributed by atoms with van der Waals surface area (Å²) in [6, 6.07) is 11.5. The summed E-state index contributed by atoms with van der Waals surface area (Å²) in [7, 11) is 0. The molecule has 0 radical (unpaired) electrons. The monoisotopic (exact) mass is 340 g/mol. The Labute approximate surface area is 152 Å². The topological polar surface area (TPSA) is 40.5 Å². The highest BCUT2D eigenvalue weighted by Gasteiger charge is 2.28. The molecule has 0 spiro atoms. The fourth-order valence-electron chi connectivity index (χ4n) is 3.60. The number of hydrogen-bond acceptors (Lipinski definition) is 2. The van der Waals surface area contributed by atoms with E-state index in [1.807, 2.05) is 12.1 Å². The molecule has 0 amide bonds. The Bertz CT molecular complexity index is 682. The number of phenols is 2. The van der Waals surface area contributed by atoms with Gasteiger partial charge in [-0.2, -0.15) is 0 Å². The van der Waals surface area contributed by atoms with Gasteiger partial charge in [0, 0.05) is 5.92 Å². The summed E-state index contributed by atoms with van der Waals surface area (Å²) in [5, 5.41) is 20.0. The Morgan fingerprint density at radius 2 is 1.08 bits per heavy atom. The van der Waals surface area contributed by atoms with Crippen LogP contribution < -0.4 is 0 Å². The molecule has 0 heterocycles. The lowest BCUT2D eigenvalue weighted by Gasteiger charge is -2.31. The van der Waals surface area contributed by atoms with E-state index in [2.05, 4.69) is 60.6 Å². The first kappa shape index (κ1) is 19.4. The van der Waals surface area contributed by atoms with Crippen LogP contribution in [0.25, 0.3) is 0 Å². The lowest BCUT2D eigenvalue weighted by Crippen LogP contribution is -2.20. The molecule has 2 nitrogen and oxygen atoms in total. The van der Waals surface area contributed by atoms with Crippen molar-refractivity contribution in [2.24, 2.45) is 0 Å². The van der Waals surface area contributed by atoms with E-state index in [1.165, 1.54) is 22.3 Å². The predicted octanol–water partition coefficient (Wildman–Crippen LogP) is 6.23. The Kier molecular flexibility index (Phi) is 5.22. The Morgan fingerprint density at radius 1 is 0.720 bits per heavy atom. The lowest BCUT2D eigenvalue weighted by molar-refractivity contribution is 0.468. The molecule has 0 saturated heterocycles. The van der Waals surface area contributed by atoms with E-state index in [0.717, 1.165) is 6.42 Å². The zero-order chi connectivity index (χ0) is 19.0. The molecule has 2 aromatic rings. The fraction of sp³-hybridized carbons (Fsp3) is 0.478. The van der Waals surface area contributed by atoms with Gasteiger partial charge in [0.15, 0.2) is 0 Å². The van der Waals surface area contributed by atoms with Gasteiger partial charge in [-0.05, 0) is 63.8 Å². The molecular formula is C23H32O2. The molecule has 0 aromatic heterocycles. The van der Waals surface area contributed by atoms with E-state index in [9.17, 15) is 10.2 Å². The van der Waals surface area contributed by atoms with Gasteiger partial charge in [-0.1, -0.05) is 60.6 Å². The van der Waals surface area contributed by atoms with Gasteiger partial charge in [0.25, 0.3) is 0 Å². The zero-order valence-electron chi connectivity index (χ0n) is 16.6. The first-order valence-corrected chi connectivity index (χ1v) is 9.12. The molecule has 0 aliphatic carbocycles. The summed E-state index contributed by atoms with van der Waals surface area (Å²) in [5.74, 6) is 0.847. The standard InChI is InChI=1S/C23H32O2/c1-8-17(18-11-9-15(24)13-20(18)22(2,3)4)19-12-10-16(25)14-21(19)23(5,6)7/h9-14,17,24-25H,8H2,1-7H3. The van der Waals surface area contributed by atoms with Gasteiger partial charge in [0.1, 0.15) is 11.5 Å². The maximum atomic E-state index is 10.0. The third-order valence-corrected chi connectivity index (χ3v) is 4.85. The summed E-state index contributed by atoms with van der Waals surface area (Å²) in [6.07, 6.45) is 0.960. The van der Waals surface area contributed by atoms with Gasteiger partial charge in [-0.15, -0.1) is 0 Å². The van der Waals surface area contributed by atoms with Crippen molar-refractivity contribution in [3.05, 3.63) is 58.7 Å². The summed E-state index contributed by atoms with van der Waals surface area (Å²) < 4.78 is 0. The van der Waals surface area contributed by atoms with Crippen LogP contribution in [0.1, 0.15) is 83.1 Å². The number of aromatic hydroxyl groups is 2. The summed E-state index contributed by atoms with van der Waals surface area (Å²) in [5.41, 5.74) is 4.74. The van der Waals surface area contributed by atoms with Crippen molar-refractivity contribution in [3.63, 3.8) is 0 Å². The van der Waals surface area contributed by atoms with Crippen LogP contribution in [-0.2, 0) is 10.8 Å². The first-order valence-electron chi connectivity index (χ1n) is 9.12. The molecule has 0 saturated carbocycles. The van der Waals surface area contributed by atoms with Crippen molar-refractivity contribution in [1.82, 2.24) is 0 Å². The number of phenolic OH excluding ortho intramolecular Hbond substituents is 2. The maximum Gasteiger partial charge on any atom is 0.115 e. The summed E-state index contributed by atoms with van der Waals surface area (Å²) in [4.78, 5) is 0. The van der Waals surface area contributed by atoms with E-state index in [4.69, 9.17) is 0 Å². The van der Waals surface area contributed by atoms with Crippen molar-refractivity contribution in [2.45, 2.75) is 71.6 Å². The molecule has 0 fully saturated rings. The highest BCUT2D eigenvalue weighted by Crippen LogP contribution is 2.41. The lowest BCUT2D eigenvalue weighted by atomic mass is 9.73. The summed E-state index contributed by atoms with van der Waals surface area (Å²) >= 11 is 0. The largest absolute Gasteiger partial charge is 0.508 e. The van der Waals surface area contributed by atoms with Crippen molar-refractivity contribution in [2.75, 3.05) is 0 Å². The second-order valence-corrected chi connectivity index (χ2v) is 9.00. The van der Waals surface area contributed by atoms with Crippen LogP contribution in [0.4, 0.5) is 0 Å². The van der Waals surface area contributed by atoms with E-state index < -0.39 is 0 Å². The Balaban J connectivity index is 2.71. The number of rotatable bonds is 3. The van der Waals surface area contributed by atoms with Gasteiger partial charge in [-0.3, -0.25) is 0 Å². The van der Waals surface area contributed by atoms with E-state index in [0.29, 0.717) is 11.5 Å². The van der Waals surface area contributed by atoms with Crippen LogP contribution in [0.15, 0.2) is 36.4 Å². The van der Waals surface area contributed by atoms with Crippen LogP contribution in [0.3, 0.4) is 0 Å². The molecule has 0 unspecified atom stereocenters. The normalized spacial score (nSPS) is 12.6. The Hall–Kier alpha value is -1.96. The van der Waals surface area contributed by atoms with Crippen LogP contribution in [0, 0.1) is 0 Å². The summed E-state index contributed by atoms with van der Waals surface area (Å²) in [6.45, 7) is 15.3. The molecule has 2 heteroatoms. The SMILES string of the molecule is CCC(c1ccc(O)cc1C(C)(C)C)c1ccc(O)cc1C(C)(C)C. The number of hydrogen-bond donors (Lipinski definition) is 2. The van der Waals surface area contributed by atoms with Gasteiger partial charge >= 0.3 is 0 Å². The van der Waals surface area contributed by atoms with E-state index in [1.54, 1.807) is 12.1 Å². The fourth-order valence-corrected chi connectivity index (χ4v) is 3.60. The molecule has 2 rings (SSSR count). The van der Waals surface area contributed by atoms with Crippen LogP contribution in [-0.4, -0.2) is 10.2 Å². The van der Waals surface area contributed by atoms with Crippen molar-refractivity contribution in [1.29, 1.82) is 0 Å². The maximum absolute atomic E-state index is 10.0. The second-order valence-electron chi connectivity index (χ2n) is 9.00. The van der Waals surface area contributed by atoms with Gasteiger partial charge in [-0.25, -0.2) is 0 Å². The zero-order valence-corrected chi connectivity index (χ0v) is 16.6. The first-order chi connectivity index (χ1) is 11.4. The van der Waals surface area contributed by atoms with Gasteiger partial charge in [0.2, 0.25) is 0 Å². The predicted molar refractivity (Wildman–Crippen MR) is 106 cm³/mol. The third-order valence-electron chi connectivity index (χ3n) is 4.85. The van der Waals surface area contributed by atoms with Crippen LogP contribution in [0.2, 0.25) is 0 Å². The molecule has 0 aliphatic heterocycles. The van der Waals surface area contributed by atoms with Crippen molar-refractivity contribution >= 4 is 0 Å². The smallest absolute Gasteiger partial charge is 0.115 e. The van der Waals surface area contributed by atoms with Gasteiger partial charge in [0.05, 0.1) is 0 Å². The molecule has 2 N–H and O–H groups in total. The Morgan fingerprint density at radius 3 is 1.36 bits per heavy atom. The molecule has 0 atom stereocenters. The molecule has 2 aromatic carbocycles. The molecule has 0 aliphatic rings. The minimum absolute atomic E-state index is 0.0552. The van der Waals surface area contributed by atoms with Crippen molar-refractivity contribution < 1.29 is 10.2 Å². The molecule has 25 heavy (non-hydrogen) atoms. The van der Waals surface area contributed by atoms with Crippen LogP contribution >= 0.6 is 0 Å². The highest BCUT2D eigenvalue weighted by atomic mass is 16.3. The average molecular weight is 341 g/mol. The van der Waals surface area contributed by atoms with E-state index in [-0.39, 0.29) is 16.7 Å². The second kappa shape index (κ2) is 6.74. The minimum atomic E-state index is -0.0552. The minimum Gasteiger partial charge on any atom is -0.508 e. The van der Waals surface area contributed by atoms with Crippen molar-refractivity contribution in [3.8, 4) is 11.5 Å². The molecule has 136 valence electrons. The number of benzene rings is 2.